The van der Waals surface area contributed by atoms with Crippen molar-refractivity contribution < 1.29 is 0 Å². The largest absolute Gasteiger partial charge is 0.328 e. The van der Waals surface area contributed by atoms with Gasteiger partial charge < -0.3 is 5.73 Å². The van der Waals surface area contributed by atoms with Crippen molar-refractivity contribution >= 4 is 9.39 Å². The maximum Gasteiger partial charge on any atom is 0.00484 e. The summed E-state index contributed by atoms with van der Waals surface area (Å²) in [7, 11) is 4.66. The van der Waals surface area contributed by atoms with Gasteiger partial charge in [-0.25, -0.2) is 0 Å². The highest BCUT2D eigenvalue weighted by Crippen LogP contribution is 1.98. The molecule has 9 heavy (non-hydrogen) atoms. The van der Waals surface area contributed by atoms with E-state index in [1.54, 1.807) is 0 Å². The van der Waals surface area contributed by atoms with E-state index in [9.17, 15) is 0 Å². The highest BCUT2D eigenvalue weighted by Gasteiger charge is 1.98. The molecule has 0 heterocycles. The lowest BCUT2D eigenvalue weighted by Crippen LogP contribution is -2.23. The van der Waals surface area contributed by atoms with Crippen LogP contribution in [0.4, 0.5) is 0 Å². The molecular weight excluding hydrogens is 131 g/mol. The van der Waals surface area contributed by atoms with Crippen molar-refractivity contribution in [2.45, 2.75) is 25.8 Å². The fourth-order valence-corrected chi connectivity index (χ4v) is 0.723. The van der Waals surface area contributed by atoms with Gasteiger partial charge in [0.15, 0.2) is 0 Å². The Labute approximate surface area is 60.0 Å². The monoisotopic (exact) mass is 148 g/mol. The third-order valence-electron chi connectivity index (χ3n) is 1.38. The fraction of sp³-hybridized carbons (Fsp3) is 1.00. The molecule has 0 aliphatic heterocycles. The molecule has 3 heteroatoms. The van der Waals surface area contributed by atoms with Crippen molar-refractivity contribution in [1.82, 2.24) is 4.67 Å². The normalized spacial score (nSPS) is 14.3. The van der Waals surface area contributed by atoms with Gasteiger partial charge in [0.05, 0.1) is 0 Å². The maximum absolute atomic E-state index is 5.69. The zero-order valence-corrected chi connectivity index (χ0v) is 7.46. The van der Waals surface area contributed by atoms with E-state index in [0.29, 0.717) is 6.04 Å². The molecule has 2 N–H and O–H groups in total. The Hall–Kier alpha value is 0.350. The molecule has 2 atom stereocenters. The lowest BCUT2D eigenvalue weighted by molar-refractivity contribution is 0.484. The summed E-state index contributed by atoms with van der Waals surface area (Å²) in [4.78, 5) is 0. The Bertz CT molecular complexity index is 66.1. The molecule has 0 aromatic heterocycles. The summed E-state index contributed by atoms with van der Waals surface area (Å²) < 4.78 is 2.08. The van der Waals surface area contributed by atoms with Gasteiger partial charge in [-0.3, -0.25) is 4.67 Å². The second kappa shape index (κ2) is 5.16. The van der Waals surface area contributed by atoms with Crippen molar-refractivity contribution in [2.24, 2.45) is 5.73 Å². The van der Waals surface area contributed by atoms with E-state index in [1.165, 1.54) is 0 Å². The van der Waals surface area contributed by atoms with E-state index in [0.717, 1.165) is 19.4 Å². The van der Waals surface area contributed by atoms with Crippen LogP contribution in [0, 0.1) is 0 Å². The number of hydrogen-bond donors (Lipinski definition) is 1. The Kier molecular flexibility index (Phi) is 5.36. The molecule has 0 aromatic rings. The smallest absolute Gasteiger partial charge is 0.00484 e. The summed E-state index contributed by atoms with van der Waals surface area (Å²) in [6.07, 6.45) is 2.18. The maximum atomic E-state index is 5.69. The van der Waals surface area contributed by atoms with Crippen LogP contribution in [0.15, 0.2) is 0 Å². The van der Waals surface area contributed by atoms with Gasteiger partial charge in [-0.2, -0.15) is 0 Å². The zero-order valence-electron chi connectivity index (χ0n) is 6.30. The minimum atomic E-state index is 0.382. The minimum absolute atomic E-state index is 0.382. The molecule has 0 fully saturated rings. The molecule has 0 spiro atoms. The lowest BCUT2D eigenvalue weighted by Gasteiger charge is -2.12. The summed E-state index contributed by atoms with van der Waals surface area (Å²) in [6.45, 7) is 3.19. The molecule has 0 aromatic carbocycles. The average molecular weight is 148 g/mol. The van der Waals surface area contributed by atoms with Crippen LogP contribution in [0.5, 0.6) is 0 Å². The van der Waals surface area contributed by atoms with Crippen LogP contribution in [0.2, 0.25) is 0 Å². The Balaban J connectivity index is 3.06. The van der Waals surface area contributed by atoms with Crippen LogP contribution in [-0.4, -0.2) is 24.3 Å². The first-order chi connectivity index (χ1) is 4.16. The molecule has 0 saturated carbocycles. The molecule has 2 nitrogen and oxygen atoms in total. The SMILES string of the molecule is CCC(N)CCN(C)P. The van der Waals surface area contributed by atoms with Gasteiger partial charge in [0.25, 0.3) is 0 Å². The fourth-order valence-electron chi connectivity index (χ4n) is 0.574. The lowest BCUT2D eigenvalue weighted by atomic mass is 10.2. The van der Waals surface area contributed by atoms with E-state index in [2.05, 4.69) is 21.0 Å². The Morgan fingerprint density at radius 1 is 1.67 bits per heavy atom. The molecule has 2 unspecified atom stereocenters. The molecule has 0 bridgehead atoms. The molecule has 0 amide bonds. The molecule has 56 valence electrons. The summed E-state index contributed by atoms with van der Waals surface area (Å²) in [5, 5.41) is 0. The van der Waals surface area contributed by atoms with Crippen molar-refractivity contribution in [3.05, 3.63) is 0 Å². The number of hydrogen-bond acceptors (Lipinski definition) is 2. The number of nitrogens with two attached hydrogens (primary N) is 1. The van der Waals surface area contributed by atoms with Gasteiger partial charge in [0.2, 0.25) is 0 Å². The van der Waals surface area contributed by atoms with Crippen LogP contribution < -0.4 is 5.73 Å². The molecule has 0 aliphatic rings. The summed E-state index contributed by atoms with van der Waals surface area (Å²) in [5.74, 6) is 0. The highest BCUT2D eigenvalue weighted by atomic mass is 31.0. The van der Waals surface area contributed by atoms with Crippen molar-refractivity contribution in [1.29, 1.82) is 0 Å². The standard InChI is InChI=1S/C6H17N2P/c1-3-6(7)4-5-8(2)9/h6H,3-5,7,9H2,1-2H3. The molecular formula is C6H17N2P. The highest BCUT2D eigenvalue weighted by molar-refractivity contribution is 7.13. The van der Waals surface area contributed by atoms with Crippen LogP contribution >= 0.6 is 9.39 Å². The predicted molar refractivity (Wildman–Crippen MR) is 45.2 cm³/mol. The van der Waals surface area contributed by atoms with Crippen LogP contribution in [0.3, 0.4) is 0 Å². The number of rotatable bonds is 4. The average Bonchev–Trinajstić information content (AvgIpc) is 1.83. The topological polar surface area (TPSA) is 29.3 Å². The van der Waals surface area contributed by atoms with Crippen molar-refractivity contribution in [2.75, 3.05) is 13.6 Å². The third kappa shape index (κ3) is 6.23. The van der Waals surface area contributed by atoms with Gasteiger partial charge in [-0.15, -0.1) is 0 Å². The van der Waals surface area contributed by atoms with E-state index in [4.69, 9.17) is 5.73 Å². The first-order valence-electron chi connectivity index (χ1n) is 3.38. The molecule has 0 saturated heterocycles. The van der Waals surface area contributed by atoms with Crippen LogP contribution in [0.25, 0.3) is 0 Å². The van der Waals surface area contributed by atoms with Gasteiger partial charge in [0.1, 0.15) is 0 Å². The van der Waals surface area contributed by atoms with E-state index in [1.807, 2.05) is 7.05 Å². The van der Waals surface area contributed by atoms with Gasteiger partial charge in [-0.1, -0.05) is 16.3 Å². The quantitative estimate of drug-likeness (QED) is 0.598. The first-order valence-corrected chi connectivity index (χ1v) is 3.89. The third-order valence-corrected chi connectivity index (χ3v) is 1.64. The molecule has 0 aliphatic carbocycles. The van der Waals surface area contributed by atoms with Crippen LogP contribution in [-0.2, 0) is 0 Å². The van der Waals surface area contributed by atoms with Gasteiger partial charge in [-0.05, 0) is 19.9 Å². The van der Waals surface area contributed by atoms with Gasteiger partial charge >= 0.3 is 0 Å². The minimum Gasteiger partial charge on any atom is -0.328 e. The van der Waals surface area contributed by atoms with Crippen molar-refractivity contribution in [3.63, 3.8) is 0 Å². The summed E-state index contributed by atoms with van der Waals surface area (Å²) >= 11 is 0. The van der Waals surface area contributed by atoms with Crippen LogP contribution in [0.1, 0.15) is 19.8 Å². The summed E-state index contributed by atoms with van der Waals surface area (Å²) in [5.41, 5.74) is 5.69. The van der Waals surface area contributed by atoms with Crippen molar-refractivity contribution in [3.8, 4) is 0 Å². The zero-order chi connectivity index (χ0) is 7.28. The predicted octanol–water partition coefficient (Wildman–Crippen LogP) is 0.836. The second-order valence-electron chi connectivity index (χ2n) is 2.44. The number of nitrogens with zero attached hydrogens (tertiary/aromatic N) is 1. The molecule has 0 rings (SSSR count). The van der Waals surface area contributed by atoms with E-state index in [-0.39, 0.29) is 0 Å². The van der Waals surface area contributed by atoms with Gasteiger partial charge in [0, 0.05) is 12.6 Å². The van der Waals surface area contributed by atoms with E-state index < -0.39 is 0 Å². The van der Waals surface area contributed by atoms with E-state index >= 15 is 0 Å². The Morgan fingerprint density at radius 3 is 2.56 bits per heavy atom. The second-order valence-corrected chi connectivity index (χ2v) is 3.32. The Morgan fingerprint density at radius 2 is 2.22 bits per heavy atom. The summed E-state index contributed by atoms with van der Waals surface area (Å²) in [6, 6.07) is 0.382. The first kappa shape index (κ1) is 9.35. The molecule has 0 radical (unpaired) electrons.